The number of aliphatic hydroxyl groups excluding tert-OH is 1. The average molecular weight is 446 g/mol. The summed E-state index contributed by atoms with van der Waals surface area (Å²) in [6.07, 6.45) is 0.233. The van der Waals surface area contributed by atoms with E-state index in [1.165, 1.54) is 0 Å². The van der Waals surface area contributed by atoms with Crippen LogP contribution in [0.2, 0.25) is 0 Å². The normalized spacial score (nSPS) is 17.3. The predicted octanol–water partition coefficient (Wildman–Crippen LogP) is -2.51. The number of hydrogen-bond acceptors (Lipinski definition) is 9. The van der Waals surface area contributed by atoms with Crippen molar-refractivity contribution in [2.45, 2.75) is 31.0 Å². The van der Waals surface area contributed by atoms with Gasteiger partial charge in [0.15, 0.2) is 0 Å². The molecule has 0 aromatic heterocycles. The maximum atomic E-state index is 10.4. The summed E-state index contributed by atoms with van der Waals surface area (Å²) >= 11 is 0. The Labute approximate surface area is 178 Å². The first-order valence-electron chi connectivity index (χ1n) is 8.94. The van der Waals surface area contributed by atoms with Crippen molar-refractivity contribution in [2.75, 3.05) is 19.6 Å². The van der Waals surface area contributed by atoms with Crippen LogP contribution in [0.25, 0.3) is 0 Å². The first-order chi connectivity index (χ1) is 14.4. The molecular formula is C18H30N4O9. The highest BCUT2D eigenvalue weighted by Gasteiger charge is 2.27. The van der Waals surface area contributed by atoms with Crippen molar-refractivity contribution < 1.29 is 44.7 Å². The lowest BCUT2D eigenvalue weighted by Crippen LogP contribution is -2.32. The lowest BCUT2D eigenvalue weighted by atomic mass is 10.1. The quantitative estimate of drug-likeness (QED) is 0.219. The zero-order valence-corrected chi connectivity index (χ0v) is 16.8. The standard InChI is InChI=1S/C9H11NO2.C5H9NO3.2C2H5NO2/c10-8(9(11)12)6-7-4-2-1-3-5-7;7-3-1-4(5(8)9)6-2-3;2*3-1-2(4)5/h1-5,8H,6,10H2,(H,11,12);3-4,6-7H,1-2H2,(H,8,9);2*1,3H2,(H,4,5)/t;3-,4+;;/m.1../s1. The number of nitrogens with one attached hydrogen (secondary N) is 1. The Balaban J connectivity index is 0. The van der Waals surface area contributed by atoms with Gasteiger partial charge in [0.25, 0.3) is 0 Å². The number of aliphatic carboxylic acids is 4. The maximum Gasteiger partial charge on any atom is 0.320 e. The molecule has 0 radical (unpaired) electrons. The van der Waals surface area contributed by atoms with Gasteiger partial charge < -0.3 is 48.1 Å². The predicted molar refractivity (Wildman–Crippen MR) is 109 cm³/mol. The largest absolute Gasteiger partial charge is 0.480 e. The second-order valence-electron chi connectivity index (χ2n) is 6.02. The lowest BCUT2D eigenvalue weighted by Gasteiger charge is -2.04. The molecule has 176 valence electrons. The van der Waals surface area contributed by atoms with Crippen molar-refractivity contribution in [3.05, 3.63) is 35.9 Å². The average Bonchev–Trinajstić information content (AvgIpc) is 3.16. The van der Waals surface area contributed by atoms with Gasteiger partial charge in [-0.25, -0.2) is 0 Å². The van der Waals surface area contributed by atoms with Crippen LogP contribution in [0.3, 0.4) is 0 Å². The Hall–Kier alpha value is -3.10. The van der Waals surface area contributed by atoms with Crippen LogP contribution < -0.4 is 22.5 Å². The van der Waals surface area contributed by atoms with Crippen LogP contribution in [0.4, 0.5) is 0 Å². The Morgan fingerprint density at radius 1 is 0.968 bits per heavy atom. The van der Waals surface area contributed by atoms with Gasteiger partial charge in [-0.1, -0.05) is 30.3 Å². The third-order valence-corrected chi connectivity index (χ3v) is 3.37. The Bertz CT molecular complexity index is 659. The highest BCUT2D eigenvalue weighted by Crippen LogP contribution is 2.05. The number of benzene rings is 1. The molecule has 1 aromatic rings. The summed E-state index contributed by atoms with van der Waals surface area (Å²) in [5, 5.41) is 43.5. The van der Waals surface area contributed by atoms with E-state index in [-0.39, 0.29) is 13.1 Å². The topological polar surface area (TPSA) is 260 Å². The molecule has 0 bridgehead atoms. The van der Waals surface area contributed by atoms with Gasteiger partial charge in [-0.15, -0.1) is 0 Å². The van der Waals surface area contributed by atoms with E-state index in [0.29, 0.717) is 19.4 Å². The molecule has 1 fully saturated rings. The van der Waals surface area contributed by atoms with Gasteiger partial charge in [-0.05, 0) is 12.0 Å². The number of hydrogen-bond donors (Lipinski definition) is 9. The van der Waals surface area contributed by atoms with Gasteiger partial charge in [0, 0.05) is 13.0 Å². The number of rotatable bonds is 6. The number of β-amino-alcohol motifs (C(OH)–C–C–N with tert-alkyl or cyclic N) is 1. The first-order valence-corrected chi connectivity index (χ1v) is 8.94. The molecule has 0 spiro atoms. The molecule has 13 heteroatoms. The van der Waals surface area contributed by atoms with Gasteiger partial charge in [0.2, 0.25) is 0 Å². The third-order valence-electron chi connectivity index (χ3n) is 3.37. The molecule has 3 atom stereocenters. The molecule has 1 aliphatic heterocycles. The minimum atomic E-state index is -0.968. The van der Waals surface area contributed by atoms with Crippen molar-refractivity contribution in [1.29, 1.82) is 0 Å². The van der Waals surface area contributed by atoms with Crippen LogP contribution in [0.15, 0.2) is 30.3 Å². The van der Waals surface area contributed by atoms with E-state index in [1.807, 2.05) is 30.3 Å². The first kappa shape index (κ1) is 30.1. The van der Waals surface area contributed by atoms with Crippen molar-refractivity contribution in [2.24, 2.45) is 17.2 Å². The van der Waals surface area contributed by atoms with Crippen LogP contribution >= 0.6 is 0 Å². The van der Waals surface area contributed by atoms with E-state index in [0.717, 1.165) is 5.56 Å². The van der Waals surface area contributed by atoms with Crippen LogP contribution in [0.1, 0.15) is 12.0 Å². The number of carboxylic acids is 4. The van der Waals surface area contributed by atoms with E-state index in [1.54, 1.807) is 0 Å². The van der Waals surface area contributed by atoms with Crippen molar-refractivity contribution >= 4 is 23.9 Å². The fraction of sp³-hybridized carbons (Fsp3) is 0.444. The number of carbonyl (C=O) groups is 4. The molecule has 13 nitrogen and oxygen atoms in total. The molecule has 1 aliphatic rings. The molecule has 1 aromatic carbocycles. The molecule has 0 amide bonds. The summed E-state index contributed by atoms with van der Waals surface area (Å²) in [5.74, 6) is -3.78. The Morgan fingerprint density at radius 2 is 1.42 bits per heavy atom. The zero-order chi connectivity index (χ0) is 24.4. The van der Waals surface area contributed by atoms with Gasteiger partial charge in [0.1, 0.15) is 12.1 Å². The minimum absolute atomic E-state index is 0.278. The van der Waals surface area contributed by atoms with Gasteiger partial charge in [-0.2, -0.15) is 0 Å². The molecule has 1 saturated heterocycles. The third kappa shape index (κ3) is 18.7. The molecule has 0 aliphatic carbocycles. The maximum absolute atomic E-state index is 10.4. The summed E-state index contributed by atoms with van der Waals surface area (Å²) in [6.45, 7) is -0.156. The van der Waals surface area contributed by atoms with Crippen LogP contribution in [0.5, 0.6) is 0 Å². The molecule has 1 unspecified atom stereocenters. The summed E-state index contributed by atoms with van der Waals surface area (Å²) in [6, 6.07) is 8.00. The highest BCUT2D eigenvalue weighted by molar-refractivity contribution is 5.74. The fourth-order valence-electron chi connectivity index (χ4n) is 1.86. The number of carboxylic acid groups (broad SMARTS) is 4. The van der Waals surface area contributed by atoms with E-state index < -0.39 is 42.1 Å². The summed E-state index contributed by atoms with van der Waals surface area (Å²) in [7, 11) is 0. The van der Waals surface area contributed by atoms with E-state index in [2.05, 4.69) is 16.8 Å². The molecule has 0 saturated carbocycles. The van der Waals surface area contributed by atoms with Gasteiger partial charge in [0.05, 0.1) is 19.2 Å². The van der Waals surface area contributed by atoms with Crippen LogP contribution in [-0.4, -0.2) is 87.2 Å². The molecule has 1 heterocycles. The fourth-order valence-corrected chi connectivity index (χ4v) is 1.86. The minimum Gasteiger partial charge on any atom is -0.480 e. The monoisotopic (exact) mass is 446 g/mol. The van der Waals surface area contributed by atoms with Crippen molar-refractivity contribution in [3.8, 4) is 0 Å². The Morgan fingerprint density at radius 3 is 1.68 bits per heavy atom. The molecule has 2 rings (SSSR count). The highest BCUT2D eigenvalue weighted by atomic mass is 16.4. The van der Waals surface area contributed by atoms with Crippen molar-refractivity contribution in [1.82, 2.24) is 5.32 Å². The smallest absolute Gasteiger partial charge is 0.320 e. The van der Waals surface area contributed by atoms with Crippen LogP contribution in [-0.2, 0) is 25.6 Å². The second kappa shape index (κ2) is 17.7. The second-order valence-corrected chi connectivity index (χ2v) is 6.02. The summed E-state index contributed by atoms with van der Waals surface area (Å²) < 4.78 is 0. The SMILES string of the molecule is NC(Cc1ccccc1)C(=O)O.NCC(=O)O.NCC(=O)O.O=C(O)[C@@H]1C[C@@H](O)CN1. The van der Waals surface area contributed by atoms with Gasteiger partial charge >= 0.3 is 23.9 Å². The van der Waals surface area contributed by atoms with Gasteiger partial charge in [-0.3, -0.25) is 19.2 Å². The molecule has 12 N–H and O–H groups in total. The van der Waals surface area contributed by atoms with E-state index >= 15 is 0 Å². The molecular weight excluding hydrogens is 416 g/mol. The van der Waals surface area contributed by atoms with Crippen molar-refractivity contribution in [3.63, 3.8) is 0 Å². The Kier molecular flexibility index (Phi) is 17.2. The zero-order valence-electron chi connectivity index (χ0n) is 16.8. The number of aliphatic hydroxyl groups is 1. The summed E-state index contributed by atoms with van der Waals surface area (Å²) in [4.78, 5) is 39.0. The summed E-state index contributed by atoms with van der Waals surface area (Å²) in [5.41, 5.74) is 15.4. The number of nitrogens with two attached hydrogens (primary N) is 3. The molecule has 31 heavy (non-hydrogen) atoms. The lowest BCUT2D eigenvalue weighted by molar-refractivity contribution is -0.139. The van der Waals surface area contributed by atoms with E-state index in [9.17, 15) is 19.2 Å². The van der Waals surface area contributed by atoms with Crippen LogP contribution in [0, 0.1) is 0 Å². The van der Waals surface area contributed by atoms with E-state index in [4.69, 9.17) is 31.3 Å².